The minimum atomic E-state index is -3.07. The van der Waals surface area contributed by atoms with Crippen molar-refractivity contribution in [2.75, 3.05) is 19.8 Å². The van der Waals surface area contributed by atoms with Crippen LogP contribution in [0.5, 0.6) is 0 Å². The van der Waals surface area contributed by atoms with E-state index in [0.717, 1.165) is 5.57 Å². The summed E-state index contributed by atoms with van der Waals surface area (Å²) in [7, 11) is -3.07. The van der Waals surface area contributed by atoms with E-state index in [4.69, 9.17) is 9.05 Å². The monoisotopic (exact) mass is 221 g/mol. The lowest BCUT2D eigenvalue weighted by atomic mass is 10.3. The molecule has 0 atom stereocenters. The molecule has 0 heterocycles. The van der Waals surface area contributed by atoms with Gasteiger partial charge in [-0.3, -0.25) is 9.05 Å². The van der Waals surface area contributed by atoms with Crippen molar-refractivity contribution in [3.8, 4) is 0 Å². The van der Waals surface area contributed by atoms with Gasteiger partial charge >= 0.3 is 7.75 Å². The van der Waals surface area contributed by atoms with Crippen LogP contribution >= 0.6 is 7.75 Å². The maximum Gasteiger partial charge on any atom is 0.405 e. The normalized spacial score (nSPS) is 11.4. The van der Waals surface area contributed by atoms with Gasteiger partial charge in [-0.2, -0.15) is 0 Å². The topological polar surface area (TPSA) is 47.6 Å². The molecule has 0 aliphatic heterocycles. The van der Waals surface area contributed by atoms with Gasteiger partial charge in [0.1, 0.15) is 0 Å². The van der Waals surface area contributed by atoms with Crippen molar-refractivity contribution in [2.24, 2.45) is 0 Å². The summed E-state index contributed by atoms with van der Waals surface area (Å²) in [5.74, 6) is 0. The van der Waals surface area contributed by atoms with Crippen LogP contribution in [0.3, 0.4) is 0 Å². The van der Waals surface area contributed by atoms with Gasteiger partial charge in [-0.05, 0) is 27.7 Å². The van der Waals surface area contributed by atoms with E-state index in [0.29, 0.717) is 19.8 Å². The molecule has 0 saturated carbocycles. The highest BCUT2D eigenvalue weighted by Crippen LogP contribution is 2.42. The summed E-state index contributed by atoms with van der Waals surface area (Å²) in [5, 5.41) is 2.76. The maximum atomic E-state index is 11.8. The van der Waals surface area contributed by atoms with E-state index in [-0.39, 0.29) is 0 Å². The lowest BCUT2D eigenvalue weighted by Crippen LogP contribution is -2.15. The Morgan fingerprint density at radius 2 is 1.79 bits per heavy atom. The fraction of sp³-hybridized carbons (Fsp3) is 0.778. The highest BCUT2D eigenvalue weighted by molar-refractivity contribution is 7.51. The summed E-state index contributed by atoms with van der Waals surface area (Å²) in [6.45, 7) is 8.78. The molecule has 0 aromatic carbocycles. The van der Waals surface area contributed by atoms with Crippen LogP contribution in [0, 0.1) is 0 Å². The van der Waals surface area contributed by atoms with Crippen LogP contribution in [0.4, 0.5) is 0 Å². The van der Waals surface area contributed by atoms with Crippen molar-refractivity contribution < 1.29 is 13.6 Å². The van der Waals surface area contributed by atoms with Crippen molar-refractivity contribution >= 4 is 7.75 Å². The van der Waals surface area contributed by atoms with Gasteiger partial charge in [0, 0.05) is 6.54 Å². The van der Waals surface area contributed by atoms with Crippen molar-refractivity contribution in [3.05, 3.63) is 11.6 Å². The Labute approximate surface area is 86.3 Å². The molecule has 0 bridgehead atoms. The summed E-state index contributed by atoms with van der Waals surface area (Å²) >= 11 is 0. The second kappa shape index (κ2) is 7.18. The van der Waals surface area contributed by atoms with Crippen molar-refractivity contribution in [1.29, 1.82) is 0 Å². The minimum Gasteiger partial charge on any atom is -0.297 e. The van der Waals surface area contributed by atoms with Crippen molar-refractivity contribution in [1.82, 2.24) is 5.09 Å². The number of nitrogens with one attached hydrogen (secondary N) is 1. The van der Waals surface area contributed by atoms with E-state index < -0.39 is 7.75 Å². The molecular formula is C9H20NO3P. The Morgan fingerprint density at radius 3 is 2.14 bits per heavy atom. The summed E-state index contributed by atoms with van der Waals surface area (Å²) in [4.78, 5) is 0. The molecule has 0 aromatic heterocycles. The van der Waals surface area contributed by atoms with E-state index in [1.165, 1.54) is 0 Å². The first-order chi connectivity index (χ1) is 6.54. The third-order valence-corrected chi connectivity index (χ3v) is 3.16. The van der Waals surface area contributed by atoms with Gasteiger partial charge in [0.15, 0.2) is 0 Å². The van der Waals surface area contributed by atoms with Gasteiger partial charge in [0.25, 0.3) is 0 Å². The van der Waals surface area contributed by atoms with Crippen LogP contribution in [0.25, 0.3) is 0 Å². The summed E-state index contributed by atoms with van der Waals surface area (Å²) in [5.41, 5.74) is 1.16. The fourth-order valence-electron chi connectivity index (χ4n) is 0.830. The average molecular weight is 221 g/mol. The quantitative estimate of drug-likeness (QED) is 0.530. The zero-order chi connectivity index (χ0) is 11.0. The molecular weight excluding hydrogens is 201 g/mol. The first kappa shape index (κ1) is 13.8. The Morgan fingerprint density at radius 1 is 1.29 bits per heavy atom. The lowest BCUT2D eigenvalue weighted by molar-refractivity contribution is 0.212. The molecule has 0 fully saturated rings. The SMILES string of the molecule is CCOP(=O)(NCC=C(C)C)OCC. The van der Waals surface area contributed by atoms with Crippen molar-refractivity contribution in [2.45, 2.75) is 27.7 Å². The largest absolute Gasteiger partial charge is 0.405 e. The summed E-state index contributed by atoms with van der Waals surface area (Å²) in [6, 6.07) is 0. The molecule has 84 valence electrons. The number of hydrogen-bond acceptors (Lipinski definition) is 3. The van der Waals surface area contributed by atoms with E-state index in [9.17, 15) is 4.57 Å². The van der Waals surface area contributed by atoms with Crippen LogP contribution in [-0.4, -0.2) is 19.8 Å². The lowest BCUT2D eigenvalue weighted by Gasteiger charge is -2.16. The molecule has 14 heavy (non-hydrogen) atoms. The molecule has 0 spiro atoms. The van der Waals surface area contributed by atoms with Crippen LogP contribution in [0.2, 0.25) is 0 Å². The van der Waals surface area contributed by atoms with Crippen LogP contribution in [0.15, 0.2) is 11.6 Å². The molecule has 0 saturated heterocycles. The van der Waals surface area contributed by atoms with Gasteiger partial charge in [0.05, 0.1) is 13.2 Å². The number of hydrogen-bond donors (Lipinski definition) is 1. The highest BCUT2D eigenvalue weighted by atomic mass is 31.2. The van der Waals surface area contributed by atoms with E-state index in [2.05, 4.69) is 5.09 Å². The Kier molecular flexibility index (Phi) is 7.11. The third kappa shape index (κ3) is 6.33. The van der Waals surface area contributed by atoms with E-state index in [1.807, 2.05) is 19.9 Å². The number of allylic oxidation sites excluding steroid dienone is 1. The molecule has 0 unspecified atom stereocenters. The molecule has 5 heteroatoms. The Bertz CT molecular complexity index is 214. The Hall–Kier alpha value is -0.150. The van der Waals surface area contributed by atoms with E-state index >= 15 is 0 Å². The minimum absolute atomic E-state index is 0.374. The third-order valence-electron chi connectivity index (χ3n) is 1.39. The zero-order valence-electron chi connectivity index (χ0n) is 9.37. The molecule has 0 radical (unpaired) electrons. The van der Waals surface area contributed by atoms with Gasteiger partial charge < -0.3 is 0 Å². The second-order valence-electron chi connectivity index (χ2n) is 2.98. The van der Waals surface area contributed by atoms with Gasteiger partial charge in [-0.15, -0.1) is 0 Å². The van der Waals surface area contributed by atoms with Crippen LogP contribution in [-0.2, 0) is 13.6 Å². The maximum absolute atomic E-state index is 11.8. The first-order valence-corrected chi connectivity index (χ1v) is 6.36. The average Bonchev–Trinajstić information content (AvgIpc) is 2.03. The number of rotatable bonds is 7. The molecule has 1 N–H and O–H groups in total. The molecule has 0 amide bonds. The molecule has 0 rings (SSSR count). The summed E-state index contributed by atoms with van der Waals surface area (Å²) in [6.07, 6.45) is 1.94. The van der Waals surface area contributed by atoms with Crippen LogP contribution in [0.1, 0.15) is 27.7 Å². The van der Waals surface area contributed by atoms with Gasteiger partial charge in [-0.1, -0.05) is 11.6 Å². The zero-order valence-corrected chi connectivity index (χ0v) is 10.3. The standard InChI is InChI=1S/C9H20NO3P/c1-5-12-14(11,13-6-2)10-8-7-9(3)4/h7H,5-6,8H2,1-4H3,(H,10,11). The molecule has 0 aliphatic rings. The Balaban J connectivity index is 4.09. The molecule has 4 nitrogen and oxygen atoms in total. The fourth-order valence-corrected chi connectivity index (χ4v) is 2.08. The van der Waals surface area contributed by atoms with Crippen molar-refractivity contribution in [3.63, 3.8) is 0 Å². The first-order valence-electron chi connectivity index (χ1n) is 4.81. The summed E-state index contributed by atoms with van der Waals surface area (Å²) < 4.78 is 21.9. The smallest absolute Gasteiger partial charge is 0.297 e. The molecule has 0 aliphatic carbocycles. The predicted molar refractivity (Wildman–Crippen MR) is 58.3 cm³/mol. The second-order valence-corrected chi connectivity index (χ2v) is 4.80. The predicted octanol–water partition coefficient (Wildman–Crippen LogP) is 2.72. The molecule has 0 aromatic rings. The highest BCUT2D eigenvalue weighted by Gasteiger charge is 2.21. The van der Waals surface area contributed by atoms with Gasteiger partial charge in [-0.25, -0.2) is 9.65 Å². The van der Waals surface area contributed by atoms with E-state index in [1.54, 1.807) is 13.8 Å². The van der Waals surface area contributed by atoms with Crippen LogP contribution < -0.4 is 5.09 Å². The van der Waals surface area contributed by atoms with Gasteiger partial charge in [0.2, 0.25) is 0 Å².